The van der Waals surface area contributed by atoms with Gasteiger partial charge in [0, 0.05) is 12.1 Å². The maximum absolute atomic E-state index is 8.52. The second-order valence-corrected chi connectivity index (χ2v) is 3.39. The normalized spacial score (nSPS) is 10.4. The molecule has 16 heavy (non-hydrogen) atoms. The van der Waals surface area contributed by atoms with Crippen molar-refractivity contribution in [3.8, 4) is 0 Å². The molecule has 4 N–H and O–H groups in total. The molecule has 0 saturated heterocycles. The Morgan fingerprint density at radius 2 is 2.06 bits per heavy atom. The predicted octanol–water partition coefficient (Wildman–Crippen LogP) is 0.0964. The number of rotatable bonds is 6. The first kappa shape index (κ1) is 12.7. The summed E-state index contributed by atoms with van der Waals surface area (Å²) in [5.74, 6) is 1.87. The highest BCUT2D eigenvalue weighted by molar-refractivity contribution is 5.54. The smallest absolute Gasteiger partial charge is 0.134 e. The molecule has 0 spiro atoms. The summed E-state index contributed by atoms with van der Waals surface area (Å²) in [6.07, 6.45) is 0. The molecule has 0 saturated carbocycles. The highest BCUT2D eigenvalue weighted by Crippen LogP contribution is 2.16. The van der Waals surface area contributed by atoms with Crippen LogP contribution in [0.4, 0.5) is 11.6 Å². The highest BCUT2D eigenvalue weighted by Gasteiger charge is 2.05. The third-order valence-electron chi connectivity index (χ3n) is 2.07. The standard InChI is InChI=1S/C10H18N4O2/c1-7-9(11)13-8(2)14-10(7)12-3-5-16-6-4-15/h15H,3-6H2,1-2H3,(H3,11,12,13,14). The molecular weight excluding hydrogens is 208 g/mol. The van der Waals surface area contributed by atoms with Crippen LogP contribution in [0.25, 0.3) is 0 Å². The first-order valence-corrected chi connectivity index (χ1v) is 5.18. The molecule has 0 aliphatic rings. The molecule has 0 unspecified atom stereocenters. The first-order valence-electron chi connectivity index (χ1n) is 5.18. The van der Waals surface area contributed by atoms with E-state index in [0.29, 0.717) is 31.4 Å². The third kappa shape index (κ3) is 3.63. The molecule has 0 aliphatic heterocycles. The molecule has 1 heterocycles. The summed E-state index contributed by atoms with van der Waals surface area (Å²) in [7, 11) is 0. The second-order valence-electron chi connectivity index (χ2n) is 3.39. The average Bonchev–Trinajstić information content (AvgIpc) is 2.24. The van der Waals surface area contributed by atoms with Crippen LogP contribution < -0.4 is 11.1 Å². The molecule has 90 valence electrons. The molecule has 0 bridgehead atoms. The molecule has 0 radical (unpaired) electrons. The van der Waals surface area contributed by atoms with Crippen molar-refractivity contribution < 1.29 is 9.84 Å². The molecule has 0 atom stereocenters. The van der Waals surface area contributed by atoms with Crippen molar-refractivity contribution in [2.45, 2.75) is 13.8 Å². The van der Waals surface area contributed by atoms with Gasteiger partial charge in [-0.05, 0) is 13.8 Å². The molecule has 0 aromatic carbocycles. The van der Waals surface area contributed by atoms with Gasteiger partial charge in [-0.2, -0.15) is 0 Å². The van der Waals surface area contributed by atoms with Gasteiger partial charge in [0.2, 0.25) is 0 Å². The summed E-state index contributed by atoms with van der Waals surface area (Å²) in [4.78, 5) is 8.30. The molecule has 6 nitrogen and oxygen atoms in total. The zero-order valence-corrected chi connectivity index (χ0v) is 9.66. The van der Waals surface area contributed by atoms with Gasteiger partial charge in [0.15, 0.2) is 0 Å². The maximum atomic E-state index is 8.52. The molecular formula is C10H18N4O2. The number of aromatic nitrogens is 2. The van der Waals surface area contributed by atoms with Gasteiger partial charge >= 0.3 is 0 Å². The van der Waals surface area contributed by atoms with E-state index in [4.69, 9.17) is 15.6 Å². The first-order chi connectivity index (χ1) is 7.65. The SMILES string of the molecule is Cc1nc(N)c(C)c(NCCOCCO)n1. The zero-order valence-electron chi connectivity index (χ0n) is 9.66. The van der Waals surface area contributed by atoms with E-state index in [0.717, 1.165) is 11.4 Å². The van der Waals surface area contributed by atoms with Gasteiger partial charge in [0.05, 0.1) is 19.8 Å². The van der Waals surface area contributed by atoms with Gasteiger partial charge in [-0.15, -0.1) is 0 Å². The number of nitrogens with zero attached hydrogens (tertiary/aromatic N) is 2. The Balaban J connectivity index is 2.47. The van der Waals surface area contributed by atoms with Crippen LogP contribution >= 0.6 is 0 Å². The topological polar surface area (TPSA) is 93.3 Å². The van der Waals surface area contributed by atoms with E-state index >= 15 is 0 Å². The molecule has 1 rings (SSSR count). The lowest BCUT2D eigenvalue weighted by Gasteiger charge is -2.10. The second kappa shape index (κ2) is 6.24. The van der Waals surface area contributed by atoms with E-state index in [9.17, 15) is 0 Å². The number of nitrogen functional groups attached to an aromatic ring is 1. The lowest BCUT2D eigenvalue weighted by atomic mass is 10.3. The van der Waals surface area contributed by atoms with Gasteiger partial charge in [-0.1, -0.05) is 0 Å². The quantitative estimate of drug-likeness (QED) is 0.595. The number of hydrogen-bond acceptors (Lipinski definition) is 6. The average molecular weight is 226 g/mol. The van der Waals surface area contributed by atoms with E-state index in [-0.39, 0.29) is 6.61 Å². The largest absolute Gasteiger partial charge is 0.394 e. The van der Waals surface area contributed by atoms with Crippen molar-refractivity contribution in [1.29, 1.82) is 0 Å². The number of nitrogens with one attached hydrogen (secondary N) is 1. The number of aryl methyl sites for hydroxylation is 1. The maximum Gasteiger partial charge on any atom is 0.134 e. The predicted molar refractivity (Wildman–Crippen MR) is 62.3 cm³/mol. The minimum absolute atomic E-state index is 0.0403. The lowest BCUT2D eigenvalue weighted by Crippen LogP contribution is -2.14. The van der Waals surface area contributed by atoms with E-state index in [1.54, 1.807) is 6.92 Å². The van der Waals surface area contributed by atoms with Crippen LogP contribution in [0.1, 0.15) is 11.4 Å². The van der Waals surface area contributed by atoms with Gasteiger partial charge in [0.25, 0.3) is 0 Å². The summed E-state index contributed by atoms with van der Waals surface area (Å²) < 4.78 is 5.12. The minimum Gasteiger partial charge on any atom is -0.394 e. The van der Waals surface area contributed by atoms with Crippen molar-refractivity contribution in [1.82, 2.24) is 9.97 Å². The number of aliphatic hydroxyl groups is 1. The summed E-state index contributed by atoms with van der Waals surface area (Å²) in [5, 5.41) is 11.6. The lowest BCUT2D eigenvalue weighted by molar-refractivity contribution is 0.0992. The van der Waals surface area contributed by atoms with Crippen molar-refractivity contribution in [2.24, 2.45) is 0 Å². The summed E-state index contributed by atoms with van der Waals surface area (Å²) in [6.45, 7) is 5.19. The number of hydrogen-bond donors (Lipinski definition) is 3. The number of anilines is 2. The molecule has 1 aromatic heterocycles. The molecule has 1 aromatic rings. The van der Waals surface area contributed by atoms with Crippen LogP contribution in [0.2, 0.25) is 0 Å². The van der Waals surface area contributed by atoms with Crippen LogP contribution in [0.15, 0.2) is 0 Å². The molecule has 6 heteroatoms. The Labute approximate surface area is 94.9 Å². The monoisotopic (exact) mass is 226 g/mol. The fourth-order valence-corrected chi connectivity index (χ4v) is 1.23. The number of nitrogens with two attached hydrogens (primary N) is 1. The van der Waals surface area contributed by atoms with Gasteiger partial charge < -0.3 is 20.9 Å². The van der Waals surface area contributed by atoms with Gasteiger partial charge in [-0.25, -0.2) is 9.97 Å². The van der Waals surface area contributed by atoms with Crippen molar-refractivity contribution in [3.63, 3.8) is 0 Å². The summed E-state index contributed by atoms with van der Waals surface area (Å²) in [5.41, 5.74) is 6.56. The third-order valence-corrected chi connectivity index (χ3v) is 2.07. The van der Waals surface area contributed by atoms with E-state index in [1.165, 1.54) is 0 Å². The minimum atomic E-state index is 0.0403. The van der Waals surface area contributed by atoms with E-state index in [2.05, 4.69) is 15.3 Å². The molecule has 0 aliphatic carbocycles. The summed E-state index contributed by atoms with van der Waals surface area (Å²) >= 11 is 0. The van der Waals surface area contributed by atoms with E-state index in [1.807, 2.05) is 6.92 Å². The fourth-order valence-electron chi connectivity index (χ4n) is 1.23. The van der Waals surface area contributed by atoms with Crippen LogP contribution in [0, 0.1) is 13.8 Å². The Morgan fingerprint density at radius 3 is 2.75 bits per heavy atom. The Bertz CT molecular complexity index is 344. The Hall–Kier alpha value is -1.40. The number of aliphatic hydroxyl groups excluding tert-OH is 1. The molecule has 0 fully saturated rings. The van der Waals surface area contributed by atoms with E-state index < -0.39 is 0 Å². The van der Waals surface area contributed by atoms with Crippen LogP contribution in [-0.4, -0.2) is 41.4 Å². The van der Waals surface area contributed by atoms with Crippen molar-refractivity contribution >= 4 is 11.6 Å². The van der Waals surface area contributed by atoms with Crippen molar-refractivity contribution in [3.05, 3.63) is 11.4 Å². The van der Waals surface area contributed by atoms with Crippen LogP contribution in [0.5, 0.6) is 0 Å². The Morgan fingerprint density at radius 1 is 1.31 bits per heavy atom. The highest BCUT2D eigenvalue weighted by atomic mass is 16.5. The zero-order chi connectivity index (χ0) is 12.0. The fraction of sp³-hybridized carbons (Fsp3) is 0.600. The summed E-state index contributed by atoms with van der Waals surface area (Å²) in [6, 6.07) is 0. The van der Waals surface area contributed by atoms with Gasteiger partial charge in [0.1, 0.15) is 17.5 Å². The molecule has 0 amide bonds. The Kier molecular flexibility index (Phi) is 4.94. The van der Waals surface area contributed by atoms with Gasteiger partial charge in [-0.3, -0.25) is 0 Å². The number of ether oxygens (including phenoxy) is 1. The van der Waals surface area contributed by atoms with Crippen molar-refractivity contribution in [2.75, 3.05) is 37.4 Å². The van der Waals surface area contributed by atoms with Crippen LogP contribution in [0.3, 0.4) is 0 Å². The van der Waals surface area contributed by atoms with Crippen LogP contribution in [-0.2, 0) is 4.74 Å².